The lowest BCUT2D eigenvalue weighted by Crippen LogP contribution is -2.40. The van der Waals surface area contributed by atoms with Gasteiger partial charge in [-0.3, -0.25) is 0 Å². The fourth-order valence-corrected chi connectivity index (χ4v) is 2.09. The molecule has 0 aromatic heterocycles. The maximum atomic E-state index is 3.47. The zero-order valence-electron chi connectivity index (χ0n) is 9.02. The molecule has 1 aliphatic rings. The van der Waals surface area contributed by atoms with Crippen molar-refractivity contribution in [3.05, 3.63) is 0 Å². The third-order valence-electron chi connectivity index (χ3n) is 2.96. The first-order valence-corrected chi connectivity index (χ1v) is 4.80. The maximum Gasteiger partial charge on any atom is 0.0259 e. The predicted octanol–water partition coefficient (Wildman–Crippen LogP) is 1.18. The predicted molar refractivity (Wildman–Crippen MR) is 53.3 cm³/mol. The minimum Gasteiger partial charge on any atom is -0.315 e. The molecule has 1 fully saturated rings. The van der Waals surface area contributed by atoms with Crippen molar-refractivity contribution in [2.75, 3.05) is 27.2 Å². The van der Waals surface area contributed by atoms with Crippen molar-refractivity contribution in [1.82, 2.24) is 10.2 Å². The van der Waals surface area contributed by atoms with Gasteiger partial charge in [-0.1, -0.05) is 20.8 Å². The molecular weight excluding hydrogens is 148 g/mol. The van der Waals surface area contributed by atoms with E-state index in [0.29, 0.717) is 11.5 Å². The van der Waals surface area contributed by atoms with E-state index < -0.39 is 0 Å². The fourth-order valence-electron chi connectivity index (χ4n) is 2.09. The third kappa shape index (κ3) is 1.99. The van der Waals surface area contributed by atoms with E-state index in [4.69, 9.17) is 0 Å². The van der Waals surface area contributed by atoms with Gasteiger partial charge in [0.15, 0.2) is 0 Å². The molecule has 2 atom stereocenters. The average molecular weight is 170 g/mol. The van der Waals surface area contributed by atoms with Crippen LogP contribution < -0.4 is 5.32 Å². The van der Waals surface area contributed by atoms with Crippen LogP contribution in [0, 0.1) is 11.3 Å². The van der Waals surface area contributed by atoms with E-state index in [1.165, 1.54) is 6.54 Å². The van der Waals surface area contributed by atoms with Crippen LogP contribution in [0.5, 0.6) is 0 Å². The molecule has 0 radical (unpaired) electrons. The number of rotatable bonds is 1. The summed E-state index contributed by atoms with van der Waals surface area (Å²) < 4.78 is 0. The Kier molecular flexibility index (Phi) is 2.79. The van der Waals surface area contributed by atoms with Gasteiger partial charge in [0, 0.05) is 19.1 Å². The molecule has 2 unspecified atom stereocenters. The number of nitrogens with zero attached hydrogens (tertiary/aromatic N) is 1. The SMILES string of the molecule is CN(C)C1CNCC1C(C)(C)C. The van der Waals surface area contributed by atoms with Gasteiger partial charge in [0.1, 0.15) is 0 Å². The fraction of sp³-hybridized carbons (Fsp3) is 1.00. The molecule has 12 heavy (non-hydrogen) atoms. The number of hydrogen-bond donors (Lipinski definition) is 1. The first kappa shape index (κ1) is 10.0. The first-order chi connectivity index (χ1) is 5.43. The van der Waals surface area contributed by atoms with Crippen molar-refractivity contribution in [3.8, 4) is 0 Å². The van der Waals surface area contributed by atoms with E-state index >= 15 is 0 Å². The van der Waals surface area contributed by atoms with Crippen molar-refractivity contribution in [3.63, 3.8) is 0 Å². The van der Waals surface area contributed by atoms with Gasteiger partial charge < -0.3 is 10.2 Å². The second-order valence-electron chi connectivity index (χ2n) is 5.16. The maximum absolute atomic E-state index is 3.47. The molecule has 1 N–H and O–H groups in total. The van der Waals surface area contributed by atoms with Gasteiger partial charge in [0.05, 0.1) is 0 Å². The largest absolute Gasteiger partial charge is 0.315 e. The topological polar surface area (TPSA) is 15.3 Å². The Morgan fingerprint density at radius 2 is 1.75 bits per heavy atom. The molecule has 0 aliphatic carbocycles. The van der Waals surface area contributed by atoms with Crippen molar-refractivity contribution in [2.45, 2.75) is 26.8 Å². The summed E-state index contributed by atoms with van der Waals surface area (Å²) in [5.41, 5.74) is 0.429. The van der Waals surface area contributed by atoms with Crippen LogP contribution in [0.1, 0.15) is 20.8 Å². The molecule has 0 aromatic rings. The van der Waals surface area contributed by atoms with E-state index in [-0.39, 0.29) is 0 Å². The molecule has 0 aromatic carbocycles. The molecule has 1 saturated heterocycles. The van der Waals surface area contributed by atoms with Gasteiger partial charge in [-0.05, 0) is 25.4 Å². The van der Waals surface area contributed by atoms with E-state index in [9.17, 15) is 0 Å². The highest BCUT2D eigenvalue weighted by molar-refractivity contribution is 4.92. The Balaban J connectivity index is 2.64. The number of nitrogens with one attached hydrogen (secondary N) is 1. The van der Waals surface area contributed by atoms with Crippen LogP contribution in [-0.4, -0.2) is 38.1 Å². The molecule has 0 bridgehead atoms. The Morgan fingerprint density at radius 3 is 2.08 bits per heavy atom. The molecule has 1 rings (SSSR count). The molecule has 0 spiro atoms. The van der Waals surface area contributed by atoms with Gasteiger partial charge in [-0.2, -0.15) is 0 Å². The lowest BCUT2D eigenvalue weighted by atomic mass is 9.77. The van der Waals surface area contributed by atoms with Crippen molar-refractivity contribution in [2.24, 2.45) is 11.3 Å². The molecule has 2 heteroatoms. The van der Waals surface area contributed by atoms with Crippen LogP contribution in [0.4, 0.5) is 0 Å². The quantitative estimate of drug-likeness (QED) is 0.636. The highest BCUT2D eigenvalue weighted by Gasteiger charge is 2.36. The zero-order valence-corrected chi connectivity index (χ0v) is 9.02. The van der Waals surface area contributed by atoms with Crippen LogP contribution >= 0.6 is 0 Å². The molecule has 1 aliphatic heterocycles. The zero-order chi connectivity index (χ0) is 9.35. The molecule has 1 heterocycles. The van der Waals surface area contributed by atoms with E-state index in [0.717, 1.165) is 12.5 Å². The van der Waals surface area contributed by atoms with Gasteiger partial charge in [0.2, 0.25) is 0 Å². The number of hydrogen-bond acceptors (Lipinski definition) is 2. The average Bonchev–Trinajstić information content (AvgIpc) is 2.30. The molecule has 72 valence electrons. The van der Waals surface area contributed by atoms with E-state index in [2.05, 4.69) is 45.1 Å². The lowest BCUT2D eigenvalue weighted by Gasteiger charge is -2.34. The normalized spacial score (nSPS) is 31.5. The molecule has 2 nitrogen and oxygen atoms in total. The Morgan fingerprint density at radius 1 is 1.17 bits per heavy atom. The van der Waals surface area contributed by atoms with Crippen molar-refractivity contribution < 1.29 is 0 Å². The summed E-state index contributed by atoms with van der Waals surface area (Å²) in [6.45, 7) is 9.32. The van der Waals surface area contributed by atoms with Gasteiger partial charge in [-0.15, -0.1) is 0 Å². The Bertz CT molecular complexity index is 146. The Hall–Kier alpha value is -0.0800. The van der Waals surface area contributed by atoms with Crippen LogP contribution in [0.15, 0.2) is 0 Å². The van der Waals surface area contributed by atoms with Crippen LogP contribution in [-0.2, 0) is 0 Å². The summed E-state index contributed by atoms with van der Waals surface area (Å²) in [7, 11) is 4.35. The summed E-state index contributed by atoms with van der Waals surface area (Å²) in [6, 6.07) is 0.713. The molecular formula is C10H22N2. The van der Waals surface area contributed by atoms with Crippen LogP contribution in [0.2, 0.25) is 0 Å². The minimum absolute atomic E-state index is 0.429. The third-order valence-corrected chi connectivity index (χ3v) is 2.96. The smallest absolute Gasteiger partial charge is 0.0259 e. The highest BCUT2D eigenvalue weighted by Crippen LogP contribution is 2.32. The van der Waals surface area contributed by atoms with Gasteiger partial charge in [0.25, 0.3) is 0 Å². The minimum atomic E-state index is 0.429. The standard InChI is InChI=1S/C10H22N2/c1-10(2,3)8-6-11-7-9(8)12(4)5/h8-9,11H,6-7H2,1-5H3. The van der Waals surface area contributed by atoms with Crippen LogP contribution in [0.25, 0.3) is 0 Å². The molecule has 0 saturated carbocycles. The van der Waals surface area contributed by atoms with E-state index in [1.54, 1.807) is 0 Å². The first-order valence-electron chi connectivity index (χ1n) is 4.80. The van der Waals surface area contributed by atoms with Crippen LogP contribution in [0.3, 0.4) is 0 Å². The summed E-state index contributed by atoms with van der Waals surface area (Å²) in [5.74, 6) is 0.785. The summed E-state index contributed by atoms with van der Waals surface area (Å²) >= 11 is 0. The van der Waals surface area contributed by atoms with Crippen molar-refractivity contribution >= 4 is 0 Å². The monoisotopic (exact) mass is 170 g/mol. The number of likely N-dealkylation sites (N-methyl/N-ethyl adjacent to an activating group) is 1. The molecule has 0 amide bonds. The highest BCUT2D eigenvalue weighted by atomic mass is 15.2. The second-order valence-corrected chi connectivity index (χ2v) is 5.16. The Labute approximate surface area is 76.3 Å². The lowest BCUT2D eigenvalue weighted by molar-refractivity contribution is 0.152. The van der Waals surface area contributed by atoms with E-state index in [1.807, 2.05) is 0 Å². The second kappa shape index (κ2) is 3.35. The van der Waals surface area contributed by atoms with Crippen molar-refractivity contribution in [1.29, 1.82) is 0 Å². The summed E-state index contributed by atoms with van der Waals surface area (Å²) in [5, 5.41) is 3.47. The van der Waals surface area contributed by atoms with Gasteiger partial charge >= 0.3 is 0 Å². The summed E-state index contributed by atoms with van der Waals surface area (Å²) in [4.78, 5) is 2.34. The summed E-state index contributed by atoms with van der Waals surface area (Å²) in [6.07, 6.45) is 0. The van der Waals surface area contributed by atoms with Gasteiger partial charge in [-0.25, -0.2) is 0 Å².